The molecule has 0 radical (unpaired) electrons. The van der Waals surface area contributed by atoms with Gasteiger partial charge in [-0.2, -0.15) is 5.10 Å². The maximum absolute atomic E-state index is 13.4. The van der Waals surface area contributed by atoms with Crippen LogP contribution in [0.4, 0.5) is 5.69 Å². The third-order valence-corrected chi connectivity index (χ3v) is 4.71. The van der Waals surface area contributed by atoms with Gasteiger partial charge in [0.2, 0.25) is 0 Å². The number of pyridine rings is 1. The van der Waals surface area contributed by atoms with E-state index < -0.39 is 0 Å². The second-order valence-electron chi connectivity index (χ2n) is 6.55. The standard InChI is InChI=1S/C22H17N5O2/c28-22(19-13-18(24-25-19)20-9-6-12-29-20)27(16-7-2-1-3-8-16)15-17-14-23-21-10-4-5-11-26(17)21/h1-14H,15H2,(H,24,25). The molecule has 0 aliphatic heterocycles. The molecule has 0 unspecified atom stereocenters. The molecule has 0 spiro atoms. The van der Waals surface area contributed by atoms with Gasteiger partial charge in [-0.05, 0) is 36.4 Å². The van der Waals surface area contributed by atoms with Gasteiger partial charge in [0.15, 0.2) is 11.5 Å². The summed E-state index contributed by atoms with van der Waals surface area (Å²) in [7, 11) is 0. The van der Waals surface area contributed by atoms with Crippen molar-refractivity contribution in [2.45, 2.75) is 6.54 Å². The lowest BCUT2D eigenvalue weighted by Crippen LogP contribution is -2.31. The van der Waals surface area contributed by atoms with E-state index >= 15 is 0 Å². The fraction of sp³-hybridized carbons (Fsp3) is 0.0455. The highest BCUT2D eigenvalue weighted by atomic mass is 16.3. The molecule has 0 saturated carbocycles. The Morgan fingerprint density at radius 2 is 1.93 bits per heavy atom. The molecule has 4 aromatic heterocycles. The first-order valence-electron chi connectivity index (χ1n) is 9.17. The van der Waals surface area contributed by atoms with Crippen LogP contribution in [0, 0.1) is 0 Å². The smallest absolute Gasteiger partial charge is 0.279 e. The van der Waals surface area contributed by atoms with Gasteiger partial charge in [0.25, 0.3) is 5.91 Å². The molecule has 4 heterocycles. The van der Waals surface area contributed by atoms with E-state index in [1.165, 1.54) is 0 Å². The number of furan rings is 1. The van der Waals surface area contributed by atoms with Gasteiger partial charge >= 0.3 is 0 Å². The summed E-state index contributed by atoms with van der Waals surface area (Å²) >= 11 is 0. The van der Waals surface area contributed by atoms with Crippen molar-refractivity contribution in [1.29, 1.82) is 0 Å². The van der Waals surface area contributed by atoms with Crippen LogP contribution in [0.2, 0.25) is 0 Å². The minimum absolute atomic E-state index is 0.212. The third kappa shape index (κ3) is 3.19. The van der Waals surface area contributed by atoms with Crippen molar-refractivity contribution < 1.29 is 9.21 Å². The lowest BCUT2D eigenvalue weighted by molar-refractivity contribution is 0.0980. The minimum Gasteiger partial charge on any atom is -0.463 e. The van der Waals surface area contributed by atoms with Crippen LogP contribution in [0.1, 0.15) is 16.2 Å². The van der Waals surface area contributed by atoms with E-state index in [1.54, 1.807) is 29.5 Å². The van der Waals surface area contributed by atoms with E-state index in [4.69, 9.17) is 4.42 Å². The number of nitrogens with one attached hydrogen (secondary N) is 1. The number of para-hydroxylation sites is 1. The van der Waals surface area contributed by atoms with Crippen LogP contribution < -0.4 is 4.90 Å². The topological polar surface area (TPSA) is 79.4 Å². The number of hydrogen-bond donors (Lipinski definition) is 1. The van der Waals surface area contributed by atoms with Crippen LogP contribution >= 0.6 is 0 Å². The van der Waals surface area contributed by atoms with Crippen molar-refractivity contribution in [3.63, 3.8) is 0 Å². The predicted octanol–water partition coefficient (Wildman–Crippen LogP) is 4.16. The maximum atomic E-state index is 13.4. The quantitative estimate of drug-likeness (QED) is 0.494. The highest BCUT2D eigenvalue weighted by Gasteiger charge is 2.22. The second kappa shape index (κ2) is 7.12. The summed E-state index contributed by atoms with van der Waals surface area (Å²) in [5, 5.41) is 7.09. The second-order valence-corrected chi connectivity index (χ2v) is 6.55. The highest BCUT2D eigenvalue weighted by molar-refractivity contribution is 6.05. The van der Waals surface area contributed by atoms with E-state index in [0.717, 1.165) is 17.0 Å². The molecular formula is C22H17N5O2. The van der Waals surface area contributed by atoms with E-state index in [9.17, 15) is 4.79 Å². The zero-order valence-electron chi connectivity index (χ0n) is 15.4. The number of amides is 1. The Morgan fingerprint density at radius 1 is 1.07 bits per heavy atom. The van der Waals surface area contributed by atoms with Crippen molar-refractivity contribution in [1.82, 2.24) is 19.6 Å². The number of anilines is 1. The summed E-state index contributed by atoms with van der Waals surface area (Å²) in [6.07, 6.45) is 5.31. The van der Waals surface area contributed by atoms with E-state index in [0.29, 0.717) is 23.7 Å². The molecule has 7 heteroatoms. The molecule has 7 nitrogen and oxygen atoms in total. The molecule has 0 atom stereocenters. The van der Waals surface area contributed by atoms with Gasteiger partial charge in [0.05, 0.1) is 24.7 Å². The summed E-state index contributed by atoms with van der Waals surface area (Å²) in [5.41, 5.74) is 3.49. The normalized spacial score (nSPS) is 11.0. The van der Waals surface area contributed by atoms with Crippen LogP contribution in [0.5, 0.6) is 0 Å². The van der Waals surface area contributed by atoms with Crippen molar-refractivity contribution in [2.75, 3.05) is 4.90 Å². The van der Waals surface area contributed by atoms with E-state index in [1.807, 2.05) is 65.2 Å². The molecule has 142 valence electrons. The Labute approximate surface area is 166 Å². The number of fused-ring (bicyclic) bond motifs is 1. The maximum Gasteiger partial charge on any atom is 0.279 e. The fourth-order valence-corrected chi connectivity index (χ4v) is 3.28. The molecule has 5 aromatic rings. The van der Waals surface area contributed by atoms with Crippen LogP contribution in [-0.4, -0.2) is 25.5 Å². The third-order valence-electron chi connectivity index (χ3n) is 4.71. The Bertz CT molecular complexity index is 1250. The molecular weight excluding hydrogens is 366 g/mol. The molecule has 0 bridgehead atoms. The summed E-state index contributed by atoms with van der Waals surface area (Å²) in [5.74, 6) is 0.417. The molecule has 5 rings (SSSR count). The van der Waals surface area contributed by atoms with Gasteiger partial charge < -0.3 is 13.7 Å². The molecule has 0 fully saturated rings. The van der Waals surface area contributed by atoms with Crippen LogP contribution in [-0.2, 0) is 6.54 Å². The van der Waals surface area contributed by atoms with Gasteiger partial charge in [-0.1, -0.05) is 24.3 Å². The number of rotatable bonds is 5. The SMILES string of the molecule is O=C(c1cc(-c2ccco2)[nH]n1)N(Cc1cnc2ccccn12)c1ccccc1. The van der Waals surface area contributed by atoms with Gasteiger partial charge in [-0.25, -0.2) is 4.98 Å². The number of H-pyrrole nitrogens is 1. The fourth-order valence-electron chi connectivity index (χ4n) is 3.28. The largest absolute Gasteiger partial charge is 0.463 e. The molecule has 29 heavy (non-hydrogen) atoms. The highest BCUT2D eigenvalue weighted by Crippen LogP contribution is 2.23. The summed E-state index contributed by atoms with van der Waals surface area (Å²) in [6, 6.07) is 20.7. The molecule has 0 aliphatic rings. The number of hydrogen-bond acceptors (Lipinski definition) is 4. The number of aromatic nitrogens is 4. The monoisotopic (exact) mass is 383 g/mol. The average molecular weight is 383 g/mol. The molecule has 0 saturated heterocycles. The molecule has 1 aromatic carbocycles. The van der Waals surface area contributed by atoms with E-state index in [2.05, 4.69) is 15.2 Å². The first-order valence-corrected chi connectivity index (χ1v) is 9.17. The predicted molar refractivity (Wildman–Crippen MR) is 108 cm³/mol. The summed E-state index contributed by atoms with van der Waals surface area (Å²) in [4.78, 5) is 19.5. The van der Waals surface area contributed by atoms with Crippen molar-refractivity contribution >= 4 is 17.2 Å². The van der Waals surface area contributed by atoms with Crippen LogP contribution in [0.25, 0.3) is 17.1 Å². The van der Waals surface area contributed by atoms with Gasteiger partial charge in [-0.15, -0.1) is 0 Å². The zero-order valence-corrected chi connectivity index (χ0v) is 15.4. The minimum atomic E-state index is -0.212. The average Bonchev–Trinajstić information content (AvgIpc) is 3.53. The first kappa shape index (κ1) is 17.0. The van der Waals surface area contributed by atoms with Crippen molar-refractivity contribution in [3.8, 4) is 11.5 Å². The number of carbonyl (C=O) groups is 1. The zero-order chi connectivity index (χ0) is 19.6. The number of aromatic amines is 1. The molecule has 0 aliphatic carbocycles. The first-order chi connectivity index (χ1) is 14.3. The van der Waals surface area contributed by atoms with Crippen molar-refractivity contribution in [3.05, 3.63) is 96.8 Å². The Hall–Kier alpha value is -4.13. The summed E-state index contributed by atoms with van der Waals surface area (Å²) < 4.78 is 7.36. The van der Waals surface area contributed by atoms with Gasteiger partial charge in [0, 0.05) is 18.0 Å². The number of benzene rings is 1. The Balaban J connectivity index is 1.51. The molecule has 1 amide bonds. The molecule has 1 N–H and O–H groups in total. The van der Waals surface area contributed by atoms with Crippen LogP contribution in [0.15, 0.2) is 89.8 Å². The summed E-state index contributed by atoms with van der Waals surface area (Å²) in [6.45, 7) is 0.358. The lowest BCUT2D eigenvalue weighted by Gasteiger charge is -2.21. The number of nitrogens with zero attached hydrogens (tertiary/aromatic N) is 4. The van der Waals surface area contributed by atoms with Crippen molar-refractivity contribution in [2.24, 2.45) is 0 Å². The van der Waals surface area contributed by atoms with Crippen LogP contribution in [0.3, 0.4) is 0 Å². The van der Waals surface area contributed by atoms with Gasteiger partial charge in [-0.3, -0.25) is 9.89 Å². The number of imidazole rings is 1. The Morgan fingerprint density at radius 3 is 2.76 bits per heavy atom. The lowest BCUT2D eigenvalue weighted by atomic mass is 10.2. The Kier molecular flexibility index (Phi) is 4.18. The van der Waals surface area contributed by atoms with Gasteiger partial charge in [0.1, 0.15) is 11.3 Å². The number of carbonyl (C=O) groups excluding carboxylic acids is 1. The van der Waals surface area contributed by atoms with E-state index in [-0.39, 0.29) is 5.91 Å².